The second-order valence-electron chi connectivity index (χ2n) is 10.6. The van der Waals surface area contributed by atoms with E-state index >= 15 is 0 Å². The molecule has 12 heteroatoms. The van der Waals surface area contributed by atoms with Crippen molar-refractivity contribution in [1.29, 1.82) is 0 Å². The maximum Gasteiger partial charge on any atom is 0.255 e. The number of thiazole rings is 1. The molecule has 1 aliphatic rings. The van der Waals surface area contributed by atoms with Crippen LogP contribution in [0.25, 0.3) is 10.2 Å². The molecule has 45 heavy (non-hydrogen) atoms. The Morgan fingerprint density at radius 1 is 0.867 bits per heavy atom. The highest BCUT2D eigenvalue weighted by Gasteiger charge is 2.21. The number of aromatic nitrogens is 2. The molecule has 1 aliphatic heterocycles. The van der Waals surface area contributed by atoms with Gasteiger partial charge in [-0.25, -0.2) is 9.97 Å². The third kappa shape index (κ3) is 8.09. The lowest BCUT2D eigenvalue weighted by atomic mass is 10.2. The molecule has 5 aromatic rings. The summed E-state index contributed by atoms with van der Waals surface area (Å²) in [6, 6.07) is 21.9. The van der Waals surface area contributed by atoms with Crippen molar-refractivity contribution in [1.82, 2.24) is 19.8 Å². The molecule has 1 saturated heterocycles. The van der Waals surface area contributed by atoms with Gasteiger partial charge in [0.15, 0.2) is 0 Å². The van der Waals surface area contributed by atoms with Gasteiger partial charge in [-0.2, -0.15) is 0 Å². The van der Waals surface area contributed by atoms with E-state index in [0.29, 0.717) is 45.9 Å². The molecule has 230 valence electrons. The highest BCUT2D eigenvalue weighted by Crippen LogP contribution is 2.25. The molecule has 9 nitrogen and oxygen atoms in total. The maximum atomic E-state index is 12.8. The van der Waals surface area contributed by atoms with Crippen molar-refractivity contribution in [3.8, 4) is 11.6 Å². The van der Waals surface area contributed by atoms with Crippen molar-refractivity contribution in [2.24, 2.45) is 0 Å². The number of rotatable bonds is 10. The molecule has 0 aliphatic carbocycles. The predicted molar refractivity (Wildman–Crippen MR) is 180 cm³/mol. The van der Waals surface area contributed by atoms with Crippen LogP contribution in [-0.2, 0) is 11.3 Å². The van der Waals surface area contributed by atoms with E-state index in [1.807, 2.05) is 34.7 Å². The number of halogens is 2. The smallest absolute Gasteiger partial charge is 0.255 e. The van der Waals surface area contributed by atoms with Gasteiger partial charge < -0.3 is 20.3 Å². The zero-order chi connectivity index (χ0) is 31.2. The molecule has 0 saturated carbocycles. The van der Waals surface area contributed by atoms with Crippen LogP contribution in [0.2, 0.25) is 10.0 Å². The summed E-state index contributed by atoms with van der Waals surface area (Å²) in [5.41, 5.74) is 6.00. The molecule has 0 atom stereocenters. The van der Waals surface area contributed by atoms with E-state index in [4.69, 9.17) is 27.9 Å². The fraction of sp³-hybridized carbons (Fsp3) is 0.212. The Hall–Kier alpha value is -4.22. The van der Waals surface area contributed by atoms with Crippen molar-refractivity contribution < 1.29 is 14.3 Å². The van der Waals surface area contributed by atoms with E-state index in [2.05, 4.69) is 43.7 Å². The molecule has 6 rings (SSSR count). The first-order valence-corrected chi connectivity index (χ1v) is 16.1. The molecular weight excluding hydrogens is 631 g/mol. The first-order valence-electron chi connectivity index (χ1n) is 14.5. The molecule has 0 unspecified atom stereocenters. The molecule has 2 N–H and O–H groups in total. The van der Waals surface area contributed by atoms with Gasteiger partial charge >= 0.3 is 0 Å². The lowest BCUT2D eigenvalue weighted by Crippen LogP contribution is -2.48. The van der Waals surface area contributed by atoms with Crippen molar-refractivity contribution in [2.45, 2.75) is 13.0 Å². The number of anilines is 2. The van der Waals surface area contributed by atoms with Gasteiger partial charge in [-0.15, -0.1) is 11.3 Å². The van der Waals surface area contributed by atoms with Crippen LogP contribution in [0.3, 0.4) is 0 Å². The topological polar surface area (TPSA) is 99.7 Å². The van der Waals surface area contributed by atoms with Crippen molar-refractivity contribution in [3.63, 3.8) is 0 Å². The predicted octanol–water partition coefficient (Wildman–Crippen LogP) is 7.19. The lowest BCUT2D eigenvalue weighted by molar-refractivity contribution is -0.132. The highest BCUT2D eigenvalue weighted by atomic mass is 35.5. The molecule has 0 spiro atoms. The van der Waals surface area contributed by atoms with Crippen molar-refractivity contribution >= 4 is 67.9 Å². The van der Waals surface area contributed by atoms with Gasteiger partial charge in [0, 0.05) is 63.0 Å². The number of nitrogens with one attached hydrogen (secondary N) is 2. The minimum Gasteiger partial charge on any atom is -0.439 e. The van der Waals surface area contributed by atoms with Gasteiger partial charge in [0.2, 0.25) is 11.8 Å². The molecule has 2 aromatic heterocycles. The van der Waals surface area contributed by atoms with E-state index in [0.717, 1.165) is 43.9 Å². The minimum absolute atomic E-state index is 0.163. The van der Waals surface area contributed by atoms with Crippen molar-refractivity contribution in [2.75, 3.05) is 43.4 Å². The Morgan fingerprint density at radius 3 is 2.42 bits per heavy atom. The van der Waals surface area contributed by atoms with Gasteiger partial charge in [0.25, 0.3) is 5.91 Å². The summed E-state index contributed by atoms with van der Waals surface area (Å²) in [4.78, 5) is 38.3. The third-order valence-corrected chi connectivity index (χ3v) is 8.98. The van der Waals surface area contributed by atoms with E-state index in [1.54, 1.807) is 35.6 Å². The summed E-state index contributed by atoms with van der Waals surface area (Å²) in [7, 11) is 0. The van der Waals surface area contributed by atoms with Gasteiger partial charge in [-0.05, 0) is 66.2 Å². The molecule has 3 heterocycles. The lowest BCUT2D eigenvalue weighted by Gasteiger charge is -2.34. The molecule has 3 aromatic carbocycles. The van der Waals surface area contributed by atoms with Gasteiger partial charge in [0.1, 0.15) is 5.75 Å². The first kappa shape index (κ1) is 30.8. The number of benzene rings is 3. The van der Waals surface area contributed by atoms with Gasteiger partial charge in [-0.3, -0.25) is 14.5 Å². The van der Waals surface area contributed by atoms with Crippen LogP contribution in [0, 0.1) is 0 Å². The van der Waals surface area contributed by atoms with Crippen LogP contribution in [0.4, 0.5) is 11.4 Å². The Bertz CT molecular complexity index is 1790. The third-order valence-electron chi connectivity index (χ3n) is 7.45. The number of piperazine rings is 1. The number of ether oxygens (including phenoxy) is 1. The second-order valence-corrected chi connectivity index (χ2v) is 12.3. The fourth-order valence-electron chi connectivity index (χ4n) is 5.00. The van der Waals surface area contributed by atoms with Crippen LogP contribution in [0.1, 0.15) is 22.3 Å². The number of carbonyl (C=O) groups excluding carboxylic acids is 2. The monoisotopic (exact) mass is 660 g/mol. The summed E-state index contributed by atoms with van der Waals surface area (Å²) in [6.45, 7) is 4.65. The molecule has 0 radical (unpaired) electrons. The van der Waals surface area contributed by atoms with E-state index in [1.165, 1.54) is 22.5 Å². The van der Waals surface area contributed by atoms with Gasteiger partial charge in [-0.1, -0.05) is 29.3 Å². The first-order chi connectivity index (χ1) is 21.9. The number of fused-ring (bicyclic) bond motifs is 1. The molecular formula is C33H30Cl2N6O3S. The van der Waals surface area contributed by atoms with Crippen LogP contribution in [0.5, 0.6) is 11.6 Å². The second kappa shape index (κ2) is 14.3. The Balaban J connectivity index is 0.904. The Kier molecular flexibility index (Phi) is 9.75. The zero-order valence-corrected chi connectivity index (χ0v) is 26.5. The molecule has 0 bridgehead atoms. The summed E-state index contributed by atoms with van der Waals surface area (Å²) in [5.74, 6) is 0.834. The van der Waals surface area contributed by atoms with E-state index < -0.39 is 0 Å². The fourth-order valence-corrected chi connectivity index (χ4v) is 6.04. The van der Waals surface area contributed by atoms with E-state index in [-0.39, 0.29) is 11.8 Å². The average Bonchev–Trinajstić information content (AvgIpc) is 3.52. The quantitative estimate of drug-likeness (QED) is 0.164. The Morgan fingerprint density at radius 2 is 1.67 bits per heavy atom. The number of nitrogens with zero attached hydrogens (tertiary/aromatic N) is 4. The standard InChI is InChI=1S/C33H30Cl2N6O3S/c34-27-8-2-23(18-28(27)35)33(43)39-25-5-10-31(37-19-25)44-26-6-3-24(4-7-26)36-12-11-32(42)41-15-13-40(14-16-41)20-22-1-9-29-30(17-22)45-21-38-29/h1-10,17-19,21,36H,11-16,20H2,(H,39,43). The summed E-state index contributed by atoms with van der Waals surface area (Å²) in [6.07, 6.45) is 1.94. The number of hydrogen-bond donors (Lipinski definition) is 2. The Labute approximate surface area is 274 Å². The minimum atomic E-state index is -0.326. The van der Waals surface area contributed by atoms with Crippen LogP contribution in [0.15, 0.2) is 84.5 Å². The number of hydrogen-bond acceptors (Lipinski definition) is 8. The molecule has 1 fully saturated rings. The van der Waals surface area contributed by atoms with Crippen LogP contribution >= 0.6 is 34.5 Å². The SMILES string of the molecule is O=C(Nc1ccc(Oc2ccc(NCCC(=O)N3CCN(Cc4ccc5ncsc5c4)CC3)cc2)nc1)c1ccc(Cl)c(Cl)c1. The van der Waals surface area contributed by atoms with E-state index in [9.17, 15) is 9.59 Å². The number of amides is 2. The largest absolute Gasteiger partial charge is 0.439 e. The molecule has 2 amide bonds. The van der Waals surface area contributed by atoms with Crippen LogP contribution < -0.4 is 15.4 Å². The van der Waals surface area contributed by atoms with Crippen LogP contribution in [-0.4, -0.2) is 64.3 Å². The zero-order valence-electron chi connectivity index (χ0n) is 24.2. The summed E-state index contributed by atoms with van der Waals surface area (Å²) >= 11 is 13.6. The number of pyridine rings is 1. The van der Waals surface area contributed by atoms with Crippen molar-refractivity contribution in [3.05, 3.63) is 106 Å². The maximum absolute atomic E-state index is 12.8. The highest BCUT2D eigenvalue weighted by molar-refractivity contribution is 7.16. The summed E-state index contributed by atoms with van der Waals surface area (Å²) in [5, 5.41) is 6.78. The van der Waals surface area contributed by atoms with Gasteiger partial charge in [0.05, 0.1) is 37.7 Å². The average molecular weight is 662 g/mol. The summed E-state index contributed by atoms with van der Waals surface area (Å²) < 4.78 is 7.05. The number of carbonyl (C=O) groups is 2. The normalized spacial score (nSPS) is 13.5.